The van der Waals surface area contributed by atoms with E-state index in [1.165, 1.54) is 25.0 Å². The summed E-state index contributed by atoms with van der Waals surface area (Å²) in [4.78, 5) is 109. The summed E-state index contributed by atoms with van der Waals surface area (Å²) in [7, 11) is -17.7. The molecule has 1 aromatic carbocycles. The minimum atomic E-state index is -5.94. The van der Waals surface area contributed by atoms with Gasteiger partial charge in [-0.1, -0.05) is 57.4 Å². The Bertz CT molecular complexity index is 2560. The van der Waals surface area contributed by atoms with E-state index in [1.54, 1.807) is 0 Å². The van der Waals surface area contributed by atoms with Crippen LogP contribution in [0.25, 0.3) is 11.2 Å². The van der Waals surface area contributed by atoms with Crippen molar-refractivity contribution in [3.05, 3.63) is 48.0 Å². The monoisotopic (exact) mass is 1100 g/mol. The van der Waals surface area contributed by atoms with Gasteiger partial charge in [-0.25, -0.2) is 19.3 Å². The summed E-state index contributed by atoms with van der Waals surface area (Å²) in [6, 6.07) is 8.76. The molecule has 6 N–H and O–H groups in total. The number of aliphatic hydroxyl groups is 2. The fraction of sp³-hybridized carbons (Fsp3) is 0.667. The normalized spacial score (nSPS) is 22.1. The molecule has 0 bridgehead atoms. The van der Waals surface area contributed by atoms with Crippen molar-refractivity contribution in [2.75, 3.05) is 32.0 Å². The lowest BCUT2D eigenvalue weighted by Crippen LogP contribution is -2.46. The zero-order chi connectivity index (χ0) is 54.0. The van der Waals surface area contributed by atoms with Crippen LogP contribution in [-0.4, -0.2) is 110 Å². The zero-order valence-corrected chi connectivity index (χ0v) is 43.8. The first-order valence-electron chi connectivity index (χ1n) is 24.4. The molecule has 1 saturated heterocycles. The minimum Gasteiger partial charge on any atom is -0.790 e. The lowest BCUT2D eigenvalue weighted by Gasteiger charge is -2.36. The number of carbonyl (C=O) groups excluding carboxylic acids is 4. The van der Waals surface area contributed by atoms with E-state index in [0.29, 0.717) is 6.47 Å². The number of hydrogen-bond acceptors (Lipinski definition) is 23. The average molecular weight is 1100 g/mol. The molecule has 6 rings (SSSR count). The van der Waals surface area contributed by atoms with Gasteiger partial charge in [-0.3, -0.25) is 32.9 Å². The molecule has 2 aromatic heterocycles. The summed E-state index contributed by atoms with van der Waals surface area (Å²) in [5, 5.41) is 26.6. The van der Waals surface area contributed by atoms with Crippen molar-refractivity contribution < 1.29 is 90.0 Å². The number of fused-ring (bicyclic) bond motifs is 1. The van der Waals surface area contributed by atoms with Crippen molar-refractivity contribution in [3.63, 3.8) is 0 Å². The highest BCUT2D eigenvalue weighted by atomic mass is 31.3. The highest BCUT2D eigenvalue weighted by Gasteiger charge is 2.49. The number of unbranched alkanes of at least 4 members (excludes halogenated alkanes) is 4. The number of benzene rings is 1. The number of ketones is 1. The number of aryl methyl sites for hydroxylation is 2. The van der Waals surface area contributed by atoms with Gasteiger partial charge in [0, 0.05) is 36.8 Å². The molecule has 74 heavy (non-hydrogen) atoms. The number of nitrogens with two attached hydrogens (primary N) is 1. The van der Waals surface area contributed by atoms with Crippen molar-refractivity contribution >= 4 is 64.5 Å². The number of ether oxygens (including phenoxy) is 2. The van der Waals surface area contributed by atoms with Gasteiger partial charge in [0.25, 0.3) is 22.1 Å². The lowest BCUT2D eigenvalue weighted by molar-refractivity contribution is -0.347. The molecule has 1 aliphatic heterocycles. The number of phosphoric ester groups is 3. The molecule has 0 radical (unpaired) electrons. The summed E-state index contributed by atoms with van der Waals surface area (Å²) < 4.78 is 66.3. The van der Waals surface area contributed by atoms with Gasteiger partial charge >= 0.3 is 0 Å². The van der Waals surface area contributed by atoms with E-state index in [1.807, 2.05) is 0 Å². The molecule has 3 heterocycles. The number of anilines is 1. The summed E-state index contributed by atoms with van der Waals surface area (Å²) in [5.41, 5.74) is 6.15. The van der Waals surface area contributed by atoms with Crippen LogP contribution in [0.4, 0.5) is 5.82 Å². The molecule has 0 spiro atoms. The molecule has 7 atom stereocenters. The molecule has 2 aliphatic carbocycles. The maximum atomic E-state index is 13.1. The van der Waals surface area contributed by atoms with Gasteiger partial charge in [0.2, 0.25) is 11.8 Å². The van der Waals surface area contributed by atoms with Gasteiger partial charge < -0.3 is 73.8 Å². The van der Waals surface area contributed by atoms with Gasteiger partial charge in [-0.05, 0) is 81.8 Å². The van der Waals surface area contributed by atoms with E-state index in [-0.39, 0.29) is 59.7 Å². The predicted octanol–water partition coefficient (Wildman–Crippen LogP) is 1.23. The number of nitrogens with one attached hydrogen (secondary N) is 2. The second-order valence-electron chi connectivity index (χ2n) is 19.8. The number of nitrogens with zero attached hydrogens (tertiary/aromatic N) is 4. The molecule has 412 valence electrons. The fourth-order valence-electron chi connectivity index (χ4n) is 8.78. The number of hydrogen-bond donors (Lipinski definition) is 5. The number of nitrogen functional groups attached to an aromatic ring is 1. The number of Topliss-reactive ketones (excluding diaryl/α,β-unsaturated/α-hetero) is 1. The van der Waals surface area contributed by atoms with Crippen LogP contribution < -0.4 is 35.9 Å². The van der Waals surface area contributed by atoms with Crippen LogP contribution in [0.2, 0.25) is 0 Å². The summed E-state index contributed by atoms with van der Waals surface area (Å²) in [6.45, 7) is 0.581. The highest BCUT2D eigenvalue weighted by molar-refractivity contribution is 7.59. The number of amides is 2. The maximum Gasteiger partial charge on any atom is 0.293 e. The third kappa shape index (κ3) is 17.2. The summed E-state index contributed by atoms with van der Waals surface area (Å²) in [6.07, 6.45) is 6.04. The number of carbonyl (C=O) groups is 4. The number of phosphoric acid groups is 3. The molecular formula is C45H64N7O19P3-4. The Morgan fingerprint density at radius 2 is 1.51 bits per heavy atom. The largest absolute Gasteiger partial charge is 0.790 e. The Kier molecular flexibility index (Phi) is 20.3. The topological polar surface area (TPSA) is 401 Å². The van der Waals surface area contributed by atoms with E-state index in [4.69, 9.17) is 15.2 Å². The van der Waals surface area contributed by atoms with Gasteiger partial charge in [0.15, 0.2) is 17.7 Å². The zero-order valence-electron chi connectivity index (χ0n) is 41.1. The molecule has 29 heteroatoms. The Labute approximate surface area is 427 Å². The Morgan fingerprint density at radius 1 is 0.892 bits per heavy atom. The van der Waals surface area contributed by atoms with Gasteiger partial charge in [0.05, 0.1) is 27.4 Å². The van der Waals surface area contributed by atoms with Crippen LogP contribution >= 0.6 is 23.5 Å². The Hall–Kier alpha value is -4.10. The smallest absolute Gasteiger partial charge is 0.293 e. The highest BCUT2D eigenvalue weighted by Crippen LogP contribution is 2.57. The van der Waals surface area contributed by atoms with Crippen LogP contribution in [0, 0.1) is 10.8 Å². The van der Waals surface area contributed by atoms with Crippen molar-refractivity contribution in [2.45, 2.75) is 153 Å². The van der Waals surface area contributed by atoms with Crippen LogP contribution in [0.3, 0.4) is 0 Å². The Balaban J connectivity index is 0.828. The SMILES string of the molecule is CC(C)(COP(=O)([O-])OP(=O)([O-])OCC1OC(n2cnc3c(N)ncnc32)C(O)C1OP(=O)([O-])[O-])C(O)C(=O)NCCC(=O)NCCC(=O)C1(CCCCCc2ccc(CCCCCC3(OC=O)CC3)cc2)CC1. The first-order chi connectivity index (χ1) is 34.9. The molecule has 26 nitrogen and oxygen atoms in total. The average Bonchev–Trinajstić information content (AvgIpc) is 4.23. The predicted molar refractivity (Wildman–Crippen MR) is 252 cm³/mol. The van der Waals surface area contributed by atoms with Crippen molar-refractivity contribution in [3.8, 4) is 0 Å². The molecule has 2 amide bonds. The first kappa shape index (κ1) is 59.1. The second kappa shape index (κ2) is 25.4. The minimum absolute atomic E-state index is 0.0229. The maximum absolute atomic E-state index is 13.1. The third-order valence-corrected chi connectivity index (χ3v) is 16.5. The van der Waals surface area contributed by atoms with Crippen LogP contribution in [0.1, 0.15) is 121 Å². The van der Waals surface area contributed by atoms with Crippen LogP contribution in [-0.2, 0) is 73.1 Å². The lowest BCUT2D eigenvalue weighted by atomic mass is 9.87. The van der Waals surface area contributed by atoms with E-state index in [9.17, 15) is 62.7 Å². The third-order valence-electron chi connectivity index (χ3n) is 13.5. The number of aromatic nitrogens is 4. The Morgan fingerprint density at radius 3 is 2.12 bits per heavy atom. The van der Waals surface area contributed by atoms with E-state index in [0.717, 1.165) is 107 Å². The molecule has 2 saturated carbocycles. The van der Waals surface area contributed by atoms with Crippen LogP contribution in [0.15, 0.2) is 36.9 Å². The van der Waals surface area contributed by atoms with E-state index in [2.05, 4.69) is 67.7 Å². The first-order valence-corrected chi connectivity index (χ1v) is 28.8. The van der Waals surface area contributed by atoms with E-state index < -0.39 is 84.6 Å². The molecule has 3 fully saturated rings. The fourth-order valence-corrected chi connectivity index (χ4v) is 11.5. The number of imidazole rings is 1. The van der Waals surface area contributed by atoms with Gasteiger partial charge in [0.1, 0.15) is 47.6 Å². The second-order valence-corrected chi connectivity index (χ2v) is 23.8. The number of rotatable bonds is 34. The van der Waals surface area contributed by atoms with Crippen molar-refractivity contribution in [1.29, 1.82) is 0 Å². The van der Waals surface area contributed by atoms with Crippen LogP contribution in [0.5, 0.6) is 0 Å². The van der Waals surface area contributed by atoms with Gasteiger partial charge in [-0.15, -0.1) is 0 Å². The number of aliphatic hydroxyl groups excluding tert-OH is 2. The molecule has 3 aromatic rings. The summed E-state index contributed by atoms with van der Waals surface area (Å²) >= 11 is 0. The quantitative estimate of drug-likeness (QED) is 0.0319. The van der Waals surface area contributed by atoms with E-state index >= 15 is 0 Å². The molecular weight excluding hydrogens is 1040 g/mol. The standard InChI is InChI=1S/C45H68N7O19P3/c1-43(2,26-68-74(64,65)71-73(62,63)67-25-32-37(70-72(59,60)61)36(56)42(69-32)52-28-51-35-39(46)49-27-50-40(35)52)38(57)41(58)48-24-16-34(55)47-23-15-33(54)44(19-20-44)17-7-3-5-9-30-11-13-31(14-12-30)10-6-4-8-18-45(21-22-45)66-29-53/h11-14,27-29,32,36-38,42,56-57H,3-10,15-26H2,1-2H3,(H,47,55)(H,48,58)(H,62,63)(H,64,65)(H2,46,49,50)(H2,59,60,61)/p-4. The summed E-state index contributed by atoms with van der Waals surface area (Å²) in [5.74, 6) is -1.46. The molecule has 3 aliphatic rings. The van der Waals surface area contributed by atoms with Crippen molar-refractivity contribution in [1.82, 2.24) is 30.2 Å². The molecule has 7 unspecified atom stereocenters. The van der Waals surface area contributed by atoms with Gasteiger partial charge in [-0.2, -0.15) is 0 Å². The van der Waals surface area contributed by atoms with Crippen molar-refractivity contribution in [2.24, 2.45) is 10.8 Å².